The molecule has 5 nitrogen and oxygen atoms in total. The van der Waals surface area contributed by atoms with Gasteiger partial charge in [-0.15, -0.1) is 11.8 Å². The molecule has 0 bridgehead atoms. The Morgan fingerprint density at radius 1 is 1.21 bits per heavy atom. The quantitative estimate of drug-likeness (QED) is 0.781. The van der Waals surface area contributed by atoms with E-state index in [9.17, 15) is 9.59 Å². The third-order valence-corrected chi connectivity index (χ3v) is 5.24. The summed E-state index contributed by atoms with van der Waals surface area (Å²) in [6, 6.07) is -0.380. The number of carbonyl (C=O) groups is 2. The zero-order valence-corrected chi connectivity index (χ0v) is 12.1. The summed E-state index contributed by atoms with van der Waals surface area (Å²) in [4.78, 5) is 25.3. The van der Waals surface area contributed by atoms with E-state index in [1.54, 1.807) is 16.7 Å². The van der Waals surface area contributed by atoms with Crippen molar-refractivity contribution in [1.82, 2.24) is 10.2 Å². The lowest BCUT2D eigenvalue weighted by Crippen LogP contribution is -2.51. The van der Waals surface area contributed by atoms with Gasteiger partial charge in [-0.1, -0.05) is 0 Å². The summed E-state index contributed by atoms with van der Waals surface area (Å²) in [6.45, 7) is 2.76. The predicted octanol–water partition coefficient (Wildman–Crippen LogP) is 0.338. The highest BCUT2D eigenvalue weighted by atomic mass is 32.2. The molecule has 2 saturated heterocycles. The summed E-state index contributed by atoms with van der Waals surface area (Å²) in [5.74, 6) is 0.195. The third kappa shape index (κ3) is 4.11. The van der Waals surface area contributed by atoms with Gasteiger partial charge in [0, 0.05) is 11.8 Å². The average molecular weight is 285 g/mol. The fourth-order valence-electron chi connectivity index (χ4n) is 2.76. The van der Waals surface area contributed by atoms with Crippen LogP contribution in [-0.4, -0.2) is 53.4 Å². The van der Waals surface area contributed by atoms with Gasteiger partial charge >= 0.3 is 0 Å². The van der Waals surface area contributed by atoms with Crippen molar-refractivity contribution in [2.45, 2.75) is 43.4 Å². The lowest BCUT2D eigenvalue weighted by Gasteiger charge is -2.34. The van der Waals surface area contributed by atoms with E-state index in [2.05, 4.69) is 5.32 Å². The van der Waals surface area contributed by atoms with Crippen molar-refractivity contribution < 1.29 is 9.59 Å². The van der Waals surface area contributed by atoms with E-state index < -0.39 is 0 Å². The number of thioether (sulfide) groups is 1. The van der Waals surface area contributed by atoms with Gasteiger partial charge in [0.05, 0.1) is 5.75 Å². The molecule has 2 amide bonds. The highest BCUT2D eigenvalue weighted by Gasteiger charge is 2.30. The van der Waals surface area contributed by atoms with E-state index in [1.165, 1.54) is 0 Å². The Hall–Kier alpha value is -0.750. The number of primary amides is 1. The Bertz CT molecular complexity index is 332. The molecule has 19 heavy (non-hydrogen) atoms. The van der Waals surface area contributed by atoms with Crippen LogP contribution in [-0.2, 0) is 9.59 Å². The number of likely N-dealkylation sites (tertiary alicyclic amines) is 1. The maximum atomic E-state index is 12.2. The van der Waals surface area contributed by atoms with Crippen molar-refractivity contribution >= 4 is 23.6 Å². The SMILES string of the molecule is NC(=O)C1CCCCN1C(=O)CSC1CCNCC1. The van der Waals surface area contributed by atoms with E-state index in [4.69, 9.17) is 5.73 Å². The van der Waals surface area contributed by atoms with Crippen molar-refractivity contribution in [3.63, 3.8) is 0 Å². The zero-order valence-electron chi connectivity index (χ0n) is 11.3. The lowest BCUT2D eigenvalue weighted by atomic mass is 10.0. The number of piperidine rings is 2. The van der Waals surface area contributed by atoms with Crippen LogP contribution < -0.4 is 11.1 Å². The van der Waals surface area contributed by atoms with Crippen molar-refractivity contribution in [2.24, 2.45) is 5.73 Å². The maximum Gasteiger partial charge on any atom is 0.240 e. The smallest absolute Gasteiger partial charge is 0.240 e. The molecule has 0 saturated carbocycles. The zero-order chi connectivity index (χ0) is 13.7. The summed E-state index contributed by atoms with van der Waals surface area (Å²) >= 11 is 1.73. The Morgan fingerprint density at radius 3 is 2.63 bits per heavy atom. The van der Waals surface area contributed by atoms with Crippen LogP contribution in [0, 0.1) is 0 Å². The molecule has 6 heteroatoms. The van der Waals surface area contributed by atoms with E-state index >= 15 is 0 Å². The van der Waals surface area contributed by atoms with E-state index in [0.29, 0.717) is 17.5 Å². The molecule has 2 heterocycles. The van der Waals surface area contributed by atoms with E-state index in [-0.39, 0.29) is 17.9 Å². The van der Waals surface area contributed by atoms with Crippen molar-refractivity contribution in [2.75, 3.05) is 25.4 Å². The van der Waals surface area contributed by atoms with E-state index in [1.807, 2.05) is 0 Å². The van der Waals surface area contributed by atoms with Gasteiger partial charge in [0.15, 0.2) is 0 Å². The molecule has 0 aromatic heterocycles. The topological polar surface area (TPSA) is 75.4 Å². The molecule has 2 aliphatic rings. The van der Waals surface area contributed by atoms with Crippen LogP contribution in [0.15, 0.2) is 0 Å². The van der Waals surface area contributed by atoms with Gasteiger partial charge in [0.25, 0.3) is 0 Å². The molecular formula is C13H23N3O2S. The summed E-state index contributed by atoms with van der Waals surface area (Å²) in [7, 11) is 0. The van der Waals surface area contributed by atoms with Crippen LogP contribution in [0.4, 0.5) is 0 Å². The van der Waals surface area contributed by atoms with Crippen molar-refractivity contribution in [1.29, 1.82) is 0 Å². The van der Waals surface area contributed by atoms with Crippen LogP contribution in [0.5, 0.6) is 0 Å². The second-order valence-corrected chi connectivity index (χ2v) is 6.55. The fourth-order valence-corrected chi connectivity index (χ4v) is 3.87. The first-order valence-corrected chi connectivity index (χ1v) is 8.14. The van der Waals surface area contributed by atoms with Gasteiger partial charge in [-0.2, -0.15) is 0 Å². The minimum atomic E-state index is -0.380. The summed E-state index contributed by atoms with van der Waals surface area (Å²) in [6.07, 6.45) is 4.93. The van der Waals surface area contributed by atoms with Gasteiger partial charge in [-0.05, 0) is 45.2 Å². The van der Waals surface area contributed by atoms with Gasteiger partial charge < -0.3 is 16.0 Å². The van der Waals surface area contributed by atoms with Crippen LogP contribution in [0.25, 0.3) is 0 Å². The molecule has 3 N–H and O–H groups in total. The van der Waals surface area contributed by atoms with E-state index in [0.717, 1.165) is 45.2 Å². The van der Waals surface area contributed by atoms with Crippen LogP contribution >= 0.6 is 11.8 Å². The molecule has 0 aromatic carbocycles. The minimum absolute atomic E-state index is 0.0760. The predicted molar refractivity (Wildman–Crippen MR) is 76.9 cm³/mol. The summed E-state index contributed by atoms with van der Waals surface area (Å²) in [5.41, 5.74) is 5.39. The van der Waals surface area contributed by atoms with Gasteiger partial charge in [0.1, 0.15) is 6.04 Å². The molecule has 1 unspecified atom stereocenters. The molecule has 0 spiro atoms. The second kappa shape index (κ2) is 7.14. The highest BCUT2D eigenvalue weighted by molar-refractivity contribution is 8.00. The minimum Gasteiger partial charge on any atom is -0.368 e. The van der Waals surface area contributed by atoms with Crippen LogP contribution in [0.3, 0.4) is 0 Å². The first-order chi connectivity index (χ1) is 9.18. The summed E-state index contributed by atoms with van der Waals surface area (Å²) in [5, 5.41) is 3.89. The van der Waals surface area contributed by atoms with Crippen molar-refractivity contribution in [3.05, 3.63) is 0 Å². The Kier molecular flexibility index (Phi) is 5.51. The number of carbonyl (C=O) groups excluding carboxylic acids is 2. The Labute approximate surface area is 118 Å². The number of nitrogens with one attached hydrogen (secondary N) is 1. The highest BCUT2D eigenvalue weighted by Crippen LogP contribution is 2.23. The third-order valence-electron chi connectivity index (χ3n) is 3.88. The average Bonchev–Trinajstić information content (AvgIpc) is 2.46. The van der Waals surface area contributed by atoms with Gasteiger partial charge in [-0.25, -0.2) is 0 Å². The molecule has 0 aromatic rings. The molecule has 2 fully saturated rings. The molecule has 0 aliphatic carbocycles. The monoisotopic (exact) mass is 285 g/mol. The molecule has 1 atom stereocenters. The molecule has 0 radical (unpaired) electrons. The second-order valence-electron chi connectivity index (χ2n) is 5.26. The standard InChI is InChI=1S/C13H23N3O2S/c14-13(18)11-3-1-2-8-16(11)12(17)9-19-10-4-6-15-7-5-10/h10-11,15H,1-9H2,(H2,14,18). The number of nitrogens with zero attached hydrogens (tertiary/aromatic N) is 1. The molecular weight excluding hydrogens is 262 g/mol. The number of amides is 2. The summed E-state index contributed by atoms with van der Waals surface area (Å²) < 4.78 is 0. The normalized spacial score (nSPS) is 25.3. The molecule has 108 valence electrons. The Morgan fingerprint density at radius 2 is 1.95 bits per heavy atom. The largest absolute Gasteiger partial charge is 0.368 e. The maximum absolute atomic E-state index is 12.2. The van der Waals surface area contributed by atoms with Gasteiger partial charge in [0.2, 0.25) is 11.8 Å². The number of nitrogens with two attached hydrogens (primary N) is 1. The lowest BCUT2D eigenvalue weighted by molar-refractivity contribution is -0.138. The van der Waals surface area contributed by atoms with Crippen LogP contribution in [0.1, 0.15) is 32.1 Å². The number of hydrogen-bond donors (Lipinski definition) is 2. The fraction of sp³-hybridized carbons (Fsp3) is 0.846. The first-order valence-electron chi connectivity index (χ1n) is 7.09. The van der Waals surface area contributed by atoms with Crippen LogP contribution in [0.2, 0.25) is 0 Å². The van der Waals surface area contributed by atoms with Gasteiger partial charge in [-0.3, -0.25) is 9.59 Å². The molecule has 2 rings (SSSR count). The molecule has 2 aliphatic heterocycles. The first kappa shape index (κ1) is 14.7. The number of rotatable bonds is 4. The Balaban J connectivity index is 1.81. The van der Waals surface area contributed by atoms with Crippen molar-refractivity contribution in [3.8, 4) is 0 Å². The number of hydrogen-bond acceptors (Lipinski definition) is 4.